The van der Waals surface area contributed by atoms with Crippen molar-refractivity contribution in [2.75, 3.05) is 11.9 Å². The third kappa shape index (κ3) is 4.08. The molecule has 3 rings (SSSR count). The molecule has 23 heavy (non-hydrogen) atoms. The molecule has 1 aliphatic rings. The van der Waals surface area contributed by atoms with Crippen LogP contribution in [0.5, 0.6) is 0 Å². The summed E-state index contributed by atoms with van der Waals surface area (Å²) in [5.74, 6) is 2.41. The predicted molar refractivity (Wildman–Crippen MR) is 93.1 cm³/mol. The van der Waals surface area contributed by atoms with Crippen molar-refractivity contribution in [3.05, 3.63) is 47.4 Å². The Morgan fingerprint density at radius 1 is 1.13 bits per heavy atom. The average molecular weight is 311 g/mol. The van der Waals surface area contributed by atoms with Crippen LogP contribution in [0.1, 0.15) is 55.6 Å². The van der Waals surface area contributed by atoms with Gasteiger partial charge in [0, 0.05) is 30.0 Å². The Hall–Kier alpha value is -1.94. The lowest BCUT2D eigenvalue weighted by atomic mass is 10.1. The van der Waals surface area contributed by atoms with Crippen LogP contribution in [0.3, 0.4) is 0 Å². The molecule has 1 fully saturated rings. The third-order valence-corrected chi connectivity index (χ3v) is 4.51. The minimum absolute atomic E-state index is 0.184. The topological polar surface area (TPSA) is 58.0 Å². The standard InChI is InChI=1S/C19H25N3O/c1-2-16-13-18(22-19(21-16)15-5-3-4-6-15)20-17-9-7-14(8-10-17)11-12-23/h7-10,13,15,23H,2-6,11-12H2,1H3,(H,20,21,22). The van der Waals surface area contributed by atoms with Gasteiger partial charge in [-0.2, -0.15) is 0 Å². The highest BCUT2D eigenvalue weighted by molar-refractivity contribution is 5.56. The second-order valence-electron chi connectivity index (χ2n) is 6.23. The highest BCUT2D eigenvalue weighted by Gasteiger charge is 2.20. The van der Waals surface area contributed by atoms with Gasteiger partial charge in [0.1, 0.15) is 11.6 Å². The first-order valence-electron chi connectivity index (χ1n) is 8.63. The summed E-state index contributed by atoms with van der Waals surface area (Å²) in [6.45, 7) is 2.32. The summed E-state index contributed by atoms with van der Waals surface area (Å²) >= 11 is 0. The van der Waals surface area contributed by atoms with Crippen LogP contribution >= 0.6 is 0 Å². The number of benzene rings is 1. The Bertz CT molecular complexity index is 634. The van der Waals surface area contributed by atoms with E-state index in [1.807, 2.05) is 30.3 Å². The van der Waals surface area contributed by atoms with Gasteiger partial charge in [-0.25, -0.2) is 9.97 Å². The number of aliphatic hydroxyl groups is 1. The van der Waals surface area contributed by atoms with Gasteiger partial charge >= 0.3 is 0 Å². The van der Waals surface area contributed by atoms with Crippen molar-refractivity contribution in [1.82, 2.24) is 9.97 Å². The van der Waals surface area contributed by atoms with Gasteiger partial charge < -0.3 is 10.4 Å². The van der Waals surface area contributed by atoms with E-state index in [2.05, 4.69) is 12.2 Å². The molecule has 0 amide bonds. The first kappa shape index (κ1) is 15.9. The van der Waals surface area contributed by atoms with Gasteiger partial charge in [-0.3, -0.25) is 0 Å². The van der Waals surface area contributed by atoms with Gasteiger partial charge in [0.25, 0.3) is 0 Å². The van der Waals surface area contributed by atoms with Crippen molar-refractivity contribution in [2.24, 2.45) is 0 Å². The molecule has 0 atom stereocenters. The minimum atomic E-state index is 0.184. The second kappa shape index (κ2) is 7.55. The average Bonchev–Trinajstić information content (AvgIpc) is 3.11. The van der Waals surface area contributed by atoms with Crippen LogP contribution in [-0.4, -0.2) is 21.7 Å². The highest BCUT2D eigenvalue weighted by atomic mass is 16.2. The van der Waals surface area contributed by atoms with Gasteiger partial charge in [0.2, 0.25) is 0 Å². The fraction of sp³-hybridized carbons (Fsp3) is 0.474. The maximum atomic E-state index is 8.98. The molecule has 1 heterocycles. The van der Waals surface area contributed by atoms with Gasteiger partial charge in [0.15, 0.2) is 0 Å². The molecule has 0 radical (unpaired) electrons. The summed E-state index contributed by atoms with van der Waals surface area (Å²) in [5, 5.41) is 12.4. The van der Waals surface area contributed by atoms with Crippen LogP contribution < -0.4 is 5.32 Å². The summed E-state index contributed by atoms with van der Waals surface area (Å²) in [4.78, 5) is 9.49. The summed E-state index contributed by atoms with van der Waals surface area (Å²) in [6.07, 6.45) is 6.62. The molecule has 0 unspecified atom stereocenters. The van der Waals surface area contributed by atoms with Gasteiger partial charge in [-0.05, 0) is 43.4 Å². The van der Waals surface area contributed by atoms with E-state index in [0.717, 1.165) is 35.0 Å². The summed E-state index contributed by atoms with van der Waals surface area (Å²) in [7, 11) is 0. The van der Waals surface area contributed by atoms with E-state index in [-0.39, 0.29) is 6.61 Å². The first-order chi connectivity index (χ1) is 11.3. The van der Waals surface area contributed by atoms with E-state index in [1.165, 1.54) is 25.7 Å². The molecule has 0 bridgehead atoms. The lowest BCUT2D eigenvalue weighted by Crippen LogP contribution is -2.06. The lowest BCUT2D eigenvalue weighted by molar-refractivity contribution is 0.299. The molecular weight excluding hydrogens is 286 g/mol. The number of anilines is 2. The zero-order valence-electron chi connectivity index (χ0n) is 13.8. The molecule has 0 aliphatic heterocycles. The minimum Gasteiger partial charge on any atom is -0.396 e. The zero-order valence-corrected chi connectivity index (χ0v) is 13.8. The molecule has 2 N–H and O–H groups in total. The van der Waals surface area contributed by atoms with Crippen LogP contribution in [0.25, 0.3) is 0 Å². The first-order valence-corrected chi connectivity index (χ1v) is 8.63. The fourth-order valence-corrected chi connectivity index (χ4v) is 3.16. The smallest absolute Gasteiger partial charge is 0.134 e. The largest absolute Gasteiger partial charge is 0.396 e. The summed E-state index contributed by atoms with van der Waals surface area (Å²) < 4.78 is 0. The van der Waals surface area contributed by atoms with E-state index in [9.17, 15) is 0 Å². The Morgan fingerprint density at radius 3 is 2.52 bits per heavy atom. The molecule has 1 aromatic heterocycles. The number of aliphatic hydroxyl groups excluding tert-OH is 1. The molecule has 0 spiro atoms. The molecule has 2 aromatic rings. The monoisotopic (exact) mass is 311 g/mol. The van der Waals surface area contributed by atoms with Crippen molar-refractivity contribution in [3.63, 3.8) is 0 Å². The molecule has 4 nitrogen and oxygen atoms in total. The van der Waals surface area contributed by atoms with Gasteiger partial charge in [-0.15, -0.1) is 0 Å². The molecule has 122 valence electrons. The SMILES string of the molecule is CCc1cc(Nc2ccc(CCO)cc2)nc(C2CCCC2)n1. The van der Waals surface area contributed by atoms with E-state index in [0.29, 0.717) is 12.3 Å². The number of aryl methyl sites for hydroxylation is 1. The van der Waals surface area contributed by atoms with E-state index >= 15 is 0 Å². The Labute approximate surface area is 138 Å². The number of hydrogen-bond donors (Lipinski definition) is 2. The maximum absolute atomic E-state index is 8.98. The van der Waals surface area contributed by atoms with Crippen LogP contribution in [0.2, 0.25) is 0 Å². The molecule has 1 aromatic carbocycles. The normalized spacial score (nSPS) is 15.0. The Morgan fingerprint density at radius 2 is 1.87 bits per heavy atom. The Balaban J connectivity index is 1.79. The zero-order chi connectivity index (χ0) is 16.1. The van der Waals surface area contributed by atoms with Crippen LogP contribution in [0, 0.1) is 0 Å². The van der Waals surface area contributed by atoms with Crippen molar-refractivity contribution >= 4 is 11.5 Å². The van der Waals surface area contributed by atoms with E-state index < -0.39 is 0 Å². The van der Waals surface area contributed by atoms with Crippen molar-refractivity contribution in [3.8, 4) is 0 Å². The fourth-order valence-electron chi connectivity index (χ4n) is 3.16. The van der Waals surface area contributed by atoms with E-state index in [1.54, 1.807) is 0 Å². The molecule has 1 aliphatic carbocycles. The summed E-state index contributed by atoms with van der Waals surface area (Å²) in [6, 6.07) is 10.2. The number of nitrogens with zero attached hydrogens (tertiary/aromatic N) is 2. The molecule has 1 saturated carbocycles. The van der Waals surface area contributed by atoms with Crippen LogP contribution in [0.15, 0.2) is 30.3 Å². The molecular formula is C19H25N3O. The molecule has 4 heteroatoms. The third-order valence-electron chi connectivity index (χ3n) is 4.51. The highest BCUT2D eigenvalue weighted by Crippen LogP contribution is 2.33. The van der Waals surface area contributed by atoms with Crippen LogP contribution in [-0.2, 0) is 12.8 Å². The van der Waals surface area contributed by atoms with Crippen molar-refractivity contribution in [1.29, 1.82) is 0 Å². The van der Waals surface area contributed by atoms with Crippen LogP contribution in [0.4, 0.5) is 11.5 Å². The van der Waals surface area contributed by atoms with Crippen molar-refractivity contribution < 1.29 is 5.11 Å². The maximum Gasteiger partial charge on any atom is 0.134 e. The number of nitrogens with one attached hydrogen (secondary N) is 1. The quantitative estimate of drug-likeness (QED) is 0.847. The van der Waals surface area contributed by atoms with Gasteiger partial charge in [0.05, 0.1) is 0 Å². The lowest BCUT2D eigenvalue weighted by Gasteiger charge is -2.13. The van der Waals surface area contributed by atoms with E-state index in [4.69, 9.17) is 15.1 Å². The number of hydrogen-bond acceptors (Lipinski definition) is 4. The second-order valence-corrected chi connectivity index (χ2v) is 6.23. The van der Waals surface area contributed by atoms with Gasteiger partial charge in [-0.1, -0.05) is 31.9 Å². The molecule has 0 saturated heterocycles. The number of rotatable bonds is 6. The predicted octanol–water partition coefficient (Wildman–Crippen LogP) is 3.98. The van der Waals surface area contributed by atoms with Crippen molar-refractivity contribution in [2.45, 2.75) is 51.4 Å². The Kier molecular flexibility index (Phi) is 5.23. The summed E-state index contributed by atoms with van der Waals surface area (Å²) in [5.41, 5.74) is 3.26. The number of aromatic nitrogens is 2.